The standard InChI is InChI=1S/C13H11BrN4O/c14-11-4-7-19-12(11)9-15-10-2-3-13(16-8-10)18-6-1-5-17-18/h1-8,15H,9H2. The molecule has 3 rings (SSSR count). The summed E-state index contributed by atoms with van der Waals surface area (Å²) in [7, 11) is 0. The van der Waals surface area contributed by atoms with Crippen LogP contribution in [0.15, 0.2) is 58.0 Å². The van der Waals surface area contributed by atoms with Gasteiger partial charge in [0.05, 0.1) is 29.2 Å². The zero-order valence-corrected chi connectivity index (χ0v) is 11.5. The third-order valence-corrected chi connectivity index (χ3v) is 3.34. The second-order valence-electron chi connectivity index (χ2n) is 3.90. The molecular formula is C13H11BrN4O. The van der Waals surface area contributed by atoms with Crippen molar-refractivity contribution in [1.82, 2.24) is 14.8 Å². The lowest BCUT2D eigenvalue weighted by Gasteiger charge is -2.05. The number of aromatic nitrogens is 3. The summed E-state index contributed by atoms with van der Waals surface area (Å²) in [6, 6.07) is 7.60. The van der Waals surface area contributed by atoms with Gasteiger partial charge in [0, 0.05) is 12.4 Å². The summed E-state index contributed by atoms with van der Waals surface area (Å²) in [6.07, 6.45) is 7.01. The molecule has 0 atom stereocenters. The Bertz CT molecular complexity index is 646. The van der Waals surface area contributed by atoms with Crippen molar-refractivity contribution < 1.29 is 4.42 Å². The Morgan fingerprint density at radius 3 is 2.89 bits per heavy atom. The SMILES string of the molecule is Brc1ccoc1CNc1ccc(-n2cccn2)nc1. The van der Waals surface area contributed by atoms with E-state index >= 15 is 0 Å². The quantitative estimate of drug-likeness (QED) is 0.802. The molecule has 0 saturated carbocycles. The van der Waals surface area contributed by atoms with Crippen LogP contribution in [0.4, 0.5) is 5.69 Å². The number of hydrogen-bond acceptors (Lipinski definition) is 4. The first kappa shape index (κ1) is 12.0. The lowest BCUT2D eigenvalue weighted by Crippen LogP contribution is -2.01. The molecule has 3 heterocycles. The highest BCUT2D eigenvalue weighted by Gasteiger charge is 2.03. The van der Waals surface area contributed by atoms with Crippen LogP contribution in [0.2, 0.25) is 0 Å². The molecule has 3 aromatic heterocycles. The number of rotatable bonds is 4. The number of nitrogens with zero attached hydrogens (tertiary/aromatic N) is 3. The van der Waals surface area contributed by atoms with Crippen molar-refractivity contribution in [1.29, 1.82) is 0 Å². The van der Waals surface area contributed by atoms with Crippen molar-refractivity contribution in [3.63, 3.8) is 0 Å². The van der Waals surface area contributed by atoms with Crippen LogP contribution in [0.1, 0.15) is 5.76 Å². The van der Waals surface area contributed by atoms with E-state index in [1.165, 1.54) is 0 Å². The maximum atomic E-state index is 5.32. The summed E-state index contributed by atoms with van der Waals surface area (Å²) < 4.78 is 8.00. The minimum absolute atomic E-state index is 0.608. The van der Waals surface area contributed by atoms with E-state index in [0.29, 0.717) is 6.54 Å². The van der Waals surface area contributed by atoms with Crippen molar-refractivity contribution in [3.05, 3.63) is 59.4 Å². The number of furan rings is 1. The maximum absolute atomic E-state index is 5.32. The summed E-state index contributed by atoms with van der Waals surface area (Å²) >= 11 is 3.42. The van der Waals surface area contributed by atoms with Gasteiger partial charge in [-0.05, 0) is 40.2 Å². The van der Waals surface area contributed by atoms with Crippen molar-refractivity contribution in [2.75, 3.05) is 5.32 Å². The Balaban J connectivity index is 1.68. The van der Waals surface area contributed by atoms with Crippen LogP contribution < -0.4 is 5.32 Å². The molecule has 0 aromatic carbocycles. The minimum Gasteiger partial charge on any atom is -0.466 e. The fourth-order valence-electron chi connectivity index (χ4n) is 1.66. The van der Waals surface area contributed by atoms with Crippen molar-refractivity contribution >= 4 is 21.6 Å². The molecule has 3 aromatic rings. The van der Waals surface area contributed by atoms with Crippen LogP contribution in [0.25, 0.3) is 5.82 Å². The van der Waals surface area contributed by atoms with Crippen LogP contribution in [0.3, 0.4) is 0 Å². The van der Waals surface area contributed by atoms with Gasteiger partial charge < -0.3 is 9.73 Å². The van der Waals surface area contributed by atoms with Crippen molar-refractivity contribution in [2.24, 2.45) is 0 Å². The van der Waals surface area contributed by atoms with E-state index in [2.05, 4.69) is 31.3 Å². The number of nitrogens with one attached hydrogen (secondary N) is 1. The van der Waals surface area contributed by atoms with Crippen LogP contribution >= 0.6 is 15.9 Å². The molecule has 0 aliphatic heterocycles. The highest BCUT2D eigenvalue weighted by molar-refractivity contribution is 9.10. The fraction of sp³-hybridized carbons (Fsp3) is 0.0769. The molecule has 96 valence electrons. The van der Waals surface area contributed by atoms with E-state index in [9.17, 15) is 0 Å². The van der Waals surface area contributed by atoms with Gasteiger partial charge in [-0.1, -0.05) is 0 Å². The summed E-state index contributed by atoms with van der Waals surface area (Å²) in [4.78, 5) is 4.34. The zero-order chi connectivity index (χ0) is 13.1. The van der Waals surface area contributed by atoms with Crippen LogP contribution in [0.5, 0.6) is 0 Å². The Hall–Kier alpha value is -2.08. The van der Waals surface area contributed by atoms with Crippen LogP contribution in [-0.2, 0) is 6.54 Å². The normalized spacial score (nSPS) is 10.6. The zero-order valence-electron chi connectivity index (χ0n) is 9.95. The van der Waals surface area contributed by atoms with E-state index in [4.69, 9.17) is 4.42 Å². The third kappa shape index (κ3) is 2.68. The van der Waals surface area contributed by atoms with Gasteiger partial charge in [0.1, 0.15) is 5.76 Å². The molecule has 6 heteroatoms. The van der Waals surface area contributed by atoms with Gasteiger partial charge >= 0.3 is 0 Å². The van der Waals surface area contributed by atoms with Crippen LogP contribution in [0, 0.1) is 0 Å². The predicted molar refractivity (Wildman–Crippen MR) is 75.1 cm³/mol. The molecule has 0 bridgehead atoms. The summed E-state index contributed by atoms with van der Waals surface area (Å²) in [6.45, 7) is 0.608. The fourth-order valence-corrected chi connectivity index (χ4v) is 2.01. The van der Waals surface area contributed by atoms with E-state index < -0.39 is 0 Å². The molecule has 0 aliphatic carbocycles. The molecule has 19 heavy (non-hydrogen) atoms. The van der Waals surface area contributed by atoms with E-state index in [1.807, 2.05) is 30.5 Å². The molecular weight excluding hydrogens is 308 g/mol. The monoisotopic (exact) mass is 318 g/mol. The van der Waals surface area contributed by atoms with E-state index in [-0.39, 0.29) is 0 Å². The largest absolute Gasteiger partial charge is 0.466 e. The molecule has 0 spiro atoms. The predicted octanol–water partition coefficient (Wildman–Crippen LogP) is 3.23. The number of hydrogen-bond donors (Lipinski definition) is 1. The summed E-state index contributed by atoms with van der Waals surface area (Å²) in [5, 5.41) is 7.37. The highest BCUT2D eigenvalue weighted by atomic mass is 79.9. The second kappa shape index (κ2) is 5.27. The van der Waals surface area contributed by atoms with Gasteiger partial charge in [-0.15, -0.1) is 0 Å². The lowest BCUT2D eigenvalue weighted by molar-refractivity contribution is 0.516. The van der Waals surface area contributed by atoms with Gasteiger partial charge in [0.25, 0.3) is 0 Å². The van der Waals surface area contributed by atoms with Gasteiger partial charge in [0.2, 0.25) is 0 Å². The minimum atomic E-state index is 0.608. The average Bonchev–Trinajstić information content (AvgIpc) is 3.09. The van der Waals surface area contributed by atoms with Gasteiger partial charge in [-0.25, -0.2) is 9.67 Å². The van der Waals surface area contributed by atoms with Gasteiger partial charge in [-0.2, -0.15) is 5.10 Å². The van der Waals surface area contributed by atoms with E-state index in [1.54, 1.807) is 23.3 Å². The first-order chi connectivity index (χ1) is 9.33. The summed E-state index contributed by atoms with van der Waals surface area (Å²) in [5.41, 5.74) is 0.930. The third-order valence-electron chi connectivity index (χ3n) is 2.63. The Labute approximate surface area is 118 Å². The molecule has 0 fully saturated rings. The molecule has 0 aliphatic rings. The first-order valence-electron chi connectivity index (χ1n) is 5.75. The Morgan fingerprint density at radius 2 is 2.26 bits per heavy atom. The van der Waals surface area contributed by atoms with Gasteiger partial charge in [-0.3, -0.25) is 0 Å². The molecule has 0 unspecified atom stereocenters. The Morgan fingerprint density at radius 1 is 1.32 bits per heavy atom. The Kier molecular flexibility index (Phi) is 3.33. The smallest absolute Gasteiger partial charge is 0.153 e. The average molecular weight is 319 g/mol. The molecule has 1 N–H and O–H groups in total. The molecule has 0 saturated heterocycles. The topological polar surface area (TPSA) is 55.9 Å². The molecule has 5 nitrogen and oxygen atoms in total. The van der Waals surface area contributed by atoms with Crippen LogP contribution in [-0.4, -0.2) is 14.8 Å². The number of pyridine rings is 1. The van der Waals surface area contributed by atoms with Crippen molar-refractivity contribution in [3.8, 4) is 5.82 Å². The number of halogens is 1. The van der Waals surface area contributed by atoms with Gasteiger partial charge in [0.15, 0.2) is 5.82 Å². The highest BCUT2D eigenvalue weighted by Crippen LogP contribution is 2.19. The molecule has 0 amide bonds. The summed E-state index contributed by atoms with van der Waals surface area (Å²) in [5.74, 6) is 1.64. The maximum Gasteiger partial charge on any atom is 0.153 e. The lowest BCUT2D eigenvalue weighted by atomic mass is 10.3. The number of anilines is 1. The molecule has 0 radical (unpaired) electrons. The first-order valence-corrected chi connectivity index (χ1v) is 6.54. The van der Waals surface area contributed by atoms with E-state index in [0.717, 1.165) is 21.7 Å². The second-order valence-corrected chi connectivity index (χ2v) is 4.76. The van der Waals surface area contributed by atoms with Crippen molar-refractivity contribution in [2.45, 2.75) is 6.54 Å².